The van der Waals surface area contributed by atoms with Crippen LogP contribution in [-0.2, 0) is 4.79 Å². The summed E-state index contributed by atoms with van der Waals surface area (Å²) in [5.74, 6) is -1.09. The Morgan fingerprint density at radius 2 is 1.76 bits per heavy atom. The first-order chi connectivity index (χ1) is 8.16. The highest BCUT2D eigenvalue weighted by Crippen LogP contribution is 2.18. The average Bonchev–Trinajstić information content (AvgIpc) is 2.62. The molecule has 0 bridgehead atoms. The van der Waals surface area contributed by atoms with Crippen LogP contribution in [-0.4, -0.2) is 45.4 Å². The van der Waals surface area contributed by atoms with Crippen LogP contribution in [0.5, 0.6) is 11.8 Å². The third kappa shape index (κ3) is 2.91. The van der Waals surface area contributed by atoms with Gasteiger partial charge in [0.1, 0.15) is 0 Å². The SMILES string of the molecule is O=C(CN1CCCCC1)On1c(O)ccc1O. The van der Waals surface area contributed by atoms with Crippen molar-refractivity contribution in [2.24, 2.45) is 0 Å². The number of aromatic nitrogens is 1. The van der Waals surface area contributed by atoms with Crippen molar-refractivity contribution in [2.45, 2.75) is 19.3 Å². The molecule has 2 rings (SSSR count). The molecule has 94 valence electrons. The van der Waals surface area contributed by atoms with Crippen LogP contribution in [0.4, 0.5) is 0 Å². The Bertz CT molecular complexity index is 377. The zero-order valence-corrected chi connectivity index (χ0v) is 9.50. The molecule has 0 amide bonds. The molecule has 1 aromatic rings. The Labute approximate surface area is 99.0 Å². The molecule has 2 N–H and O–H groups in total. The van der Waals surface area contributed by atoms with Crippen LogP contribution in [0.25, 0.3) is 0 Å². The number of rotatable bonds is 3. The lowest BCUT2D eigenvalue weighted by molar-refractivity contribution is -0.147. The van der Waals surface area contributed by atoms with Gasteiger partial charge in [0.15, 0.2) is 0 Å². The topological polar surface area (TPSA) is 74.9 Å². The van der Waals surface area contributed by atoms with Gasteiger partial charge in [-0.05, 0) is 25.9 Å². The second kappa shape index (κ2) is 5.09. The summed E-state index contributed by atoms with van der Waals surface area (Å²) in [6, 6.07) is 2.51. The van der Waals surface area contributed by atoms with Crippen LogP contribution in [0.3, 0.4) is 0 Å². The minimum atomic E-state index is -0.492. The first kappa shape index (κ1) is 11.8. The Hall–Kier alpha value is -1.69. The van der Waals surface area contributed by atoms with Gasteiger partial charge in [-0.3, -0.25) is 4.90 Å². The van der Waals surface area contributed by atoms with E-state index in [4.69, 9.17) is 4.84 Å². The predicted octanol–water partition coefficient (Wildman–Crippen LogP) is 0.340. The van der Waals surface area contributed by atoms with Crippen molar-refractivity contribution in [3.8, 4) is 11.8 Å². The second-order valence-corrected chi connectivity index (χ2v) is 4.14. The van der Waals surface area contributed by atoms with Crippen molar-refractivity contribution >= 4 is 5.97 Å². The van der Waals surface area contributed by atoms with Gasteiger partial charge in [-0.2, -0.15) is 0 Å². The quantitative estimate of drug-likeness (QED) is 0.797. The third-order valence-corrected chi connectivity index (χ3v) is 2.79. The second-order valence-electron chi connectivity index (χ2n) is 4.14. The fourth-order valence-corrected chi connectivity index (χ4v) is 1.93. The van der Waals surface area contributed by atoms with Gasteiger partial charge in [-0.15, -0.1) is 4.73 Å². The van der Waals surface area contributed by atoms with Gasteiger partial charge in [0, 0.05) is 12.1 Å². The van der Waals surface area contributed by atoms with E-state index < -0.39 is 5.97 Å². The van der Waals surface area contributed by atoms with Crippen LogP contribution >= 0.6 is 0 Å². The van der Waals surface area contributed by atoms with E-state index in [9.17, 15) is 15.0 Å². The number of aromatic hydroxyl groups is 2. The van der Waals surface area contributed by atoms with E-state index in [1.807, 2.05) is 4.90 Å². The molecule has 0 aliphatic carbocycles. The van der Waals surface area contributed by atoms with Crippen molar-refractivity contribution in [2.75, 3.05) is 19.6 Å². The Balaban J connectivity index is 1.88. The lowest BCUT2D eigenvalue weighted by Crippen LogP contribution is -2.37. The van der Waals surface area contributed by atoms with Crippen LogP contribution in [0.2, 0.25) is 0 Å². The summed E-state index contributed by atoms with van der Waals surface area (Å²) in [4.78, 5) is 18.4. The molecule has 0 spiro atoms. The summed E-state index contributed by atoms with van der Waals surface area (Å²) in [7, 11) is 0. The molecule has 2 heterocycles. The van der Waals surface area contributed by atoms with Crippen LogP contribution in [0.15, 0.2) is 12.1 Å². The minimum Gasteiger partial charge on any atom is -0.492 e. The lowest BCUT2D eigenvalue weighted by Gasteiger charge is -2.25. The highest BCUT2D eigenvalue weighted by molar-refractivity contribution is 5.72. The highest BCUT2D eigenvalue weighted by atomic mass is 16.7. The molecule has 1 aliphatic heterocycles. The zero-order chi connectivity index (χ0) is 12.3. The van der Waals surface area contributed by atoms with E-state index in [1.165, 1.54) is 18.6 Å². The van der Waals surface area contributed by atoms with Crippen molar-refractivity contribution in [3.05, 3.63) is 12.1 Å². The largest absolute Gasteiger partial charge is 0.492 e. The summed E-state index contributed by atoms with van der Waals surface area (Å²) >= 11 is 0. The minimum absolute atomic E-state index is 0.178. The first-order valence-electron chi connectivity index (χ1n) is 5.70. The molecule has 6 nitrogen and oxygen atoms in total. The maximum Gasteiger partial charge on any atom is 0.347 e. The summed E-state index contributed by atoms with van der Waals surface area (Å²) in [5, 5.41) is 18.6. The fourth-order valence-electron chi connectivity index (χ4n) is 1.93. The van der Waals surface area contributed by atoms with Crippen LogP contribution in [0, 0.1) is 0 Å². The number of hydrogen-bond acceptors (Lipinski definition) is 5. The fraction of sp³-hybridized carbons (Fsp3) is 0.545. The van der Waals surface area contributed by atoms with Gasteiger partial charge in [-0.1, -0.05) is 6.42 Å². The lowest BCUT2D eigenvalue weighted by atomic mass is 10.1. The summed E-state index contributed by atoms with van der Waals surface area (Å²) in [6.45, 7) is 1.95. The van der Waals surface area contributed by atoms with Crippen LogP contribution in [0.1, 0.15) is 19.3 Å². The smallest absolute Gasteiger partial charge is 0.347 e. The monoisotopic (exact) mass is 240 g/mol. The van der Waals surface area contributed by atoms with Gasteiger partial charge >= 0.3 is 5.97 Å². The number of carbonyl (C=O) groups is 1. The molecular formula is C11H16N2O4. The molecular weight excluding hydrogens is 224 g/mol. The Morgan fingerprint density at radius 1 is 1.18 bits per heavy atom. The molecule has 6 heteroatoms. The number of nitrogens with zero attached hydrogens (tertiary/aromatic N) is 2. The number of piperidine rings is 1. The molecule has 1 aromatic heterocycles. The first-order valence-corrected chi connectivity index (χ1v) is 5.70. The van der Waals surface area contributed by atoms with E-state index in [1.54, 1.807) is 0 Å². The van der Waals surface area contributed by atoms with Gasteiger partial charge in [0.05, 0.1) is 6.54 Å². The van der Waals surface area contributed by atoms with Gasteiger partial charge in [0.25, 0.3) is 0 Å². The van der Waals surface area contributed by atoms with E-state index >= 15 is 0 Å². The van der Waals surface area contributed by atoms with Gasteiger partial charge < -0.3 is 15.1 Å². The summed E-state index contributed by atoms with van der Waals surface area (Å²) in [6.07, 6.45) is 3.38. The maximum atomic E-state index is 11.6. The number of carbonyl (C=O) groups excluding carboxylic acids is 1. The number of likely N-dealkylation sites (tertiary alicyclic amines) is 1. The zero-order valence-electron chi connectivity index (χ0n) is 9.50. The third-order valence-electron chi connectivity index (χ3n) is 2.79. The Kier molecular flexibility index (Phi) is 3.53. The molecule has 0 radical (unpaired) electrons. The molecule has 17 heavy (non-hydrogen) atoms. The molecule has 0 unspecified atom stereocenters. The van der Waals surface area contributed by atoms with E-state index in [-0.39, 0.29) is 18.3 Å². The molecule has 0 saturated carbocycles. The van der Waals surface area contributed by atoms with Crippen molar-refractivity contribution in [1.29, 1.82) is 0 Å². The van der Waals surface area contributed by atoms with Gasteiger partial charge in [-0.25, -0.2) is 4.79 Å². The molecule has 1 saturated heterocycles. The molecule has 1 aliphatic rings. The average molecular weight is 240 g/mol. The molecule has 0 atom stereocenters. The molecule has 1 fully saturated rings. The van der Waals surface area contributed by atoms with Gasteiger partial charge in [0.2, 0.25) is 11.8 Å². The normalized spacial score (nSPS) is 16.9. The van der Waals surface area contributed by atoms with E-state index in [0.717, 1.165) is 25.9 Å². The van der Waals surface area contributed by atoms with E-state index in [2.05, 4.69) is 0 Å². The number of hydrogen-bond donors (Lipinski definition) is 2. The van der Waals surface area contributed by atoms with Crippen molar-refractivity contribution < 1.29 is 19.8 Å². The molecule has 0 aromatic carbocycles. The maximum absolute atomic E-state index is 11.6. The highest BCUT2D eigenvalue weighted by Gasteiger charge is 2.17. The summed E-state index contributed by atoms with van der Waals surface area (Å²) < 4.78 is 0.715. The van der Waals surface area contributed by atoms with Crippen LogP contribution < -0.4 is 4.84 Å². The summed E-state index contributed by atoms with van der Waals surface area (Å²) in [5.41, 5.74) is 0. The standard InChI is InChI=1S/C11H16N2O4/c14-9-4-5-10(15)13(9)17-11(16)8-12-6-2-1-3-7-12/h4-5,14-15H,1-3,6-8H2. The van der Waals surface area contributed by atoms with Crippen molar-refractivity contribution in [1.82, 2.24) is 9.63 Å². The predicted molar refractivity (Wildman–Crippen MR) is 59.6 cm³/mol. The van der Waals surface area contributed by atoms with Crippen molar-refractivity contribution in [3.63, 3.8) is 0 Å². The Morgan fingerprint density at radius 3 is 2.35 bits per heavy atom. The van der Waals surface area contributed by atoms with E-state index in [0.29, 0.717) is 4.73 Å².